The highest BCUT2D eigenvalue weighted by atomic mass is 35.5. The van der Waals surface area contributed by atoms with Gasteiger partial charge in [0.2, 0.25) is 0 Å². The van der Waals surface area contributed by atoms with Crippen molar-refractivity contribution in [3.63, 3.8) is 0 Å². The van der Waals surface area contributed by atoms with Crippen LogP contribution in [0, 0.1) is 0 Å². The average molecular weight is 456 g/mol. The Hall–Kier alpha value is -2.71. The predicted octanol–water partition coefficient (Wildman–Crippen LogP) is 5.76. The third-order valence-electron chi connectivity index (χ3n) is 4.37. The highest BCUT2D eigenvalue weighted by molar-refractivity contribution is 7.92. The topological polar surface area (TPSA) is 55.4 Å². The first-order valence-electron chi connectivity index (χ1n) is 8.70. The number of benzene rings is 3. The van der Waals surface area contributed by atoms with Gasteiger partial charge in [-0.3, -0.25) is 4.72 Å². The summed E-state index contributed by atoms with van der Waals surface area (Å²) in [5.74, 6) is 0.355. The molecule has 0 aliphatic heterocycles. The quantitative estimate of drug-likeness (QED) is 0.514. The van der Waals surface area contributed by atoms with E-state index < -0.39 is 21.8 Å². The Morgan fingerprint density at radius 2 is 1.70 bits per heavy atom. The van der Waals surface area contributed by atoms with Gasteiger partial charge in [-0.05, 0) is 47.5 Å². The lowest BCUT2D eigenvalue weighted by Crippen LogP contribution is -2.15. The smallest absolute Gasteiger partial charge is 0.416 e. The molecular weight excluding hydrogens is 439 g/mol. The van der Waals surface area contributed by atoms with Crippen LogP contribution in [0.25, 0.3) is 0 Å². The second-order valence-electron chi connectivity index (χ2n) is 6.42. The van der Waals surface area contributed by atoms with Gasteiger partial charge in [-0.1, -0.05) is 35.9 Å². The number of nitrogens with one attached hydrogen (secondary N) is 1. The van der Waals surface area contributed by atoms with E-state index in [1.807, 2.05) is 0 Å². The zero-order chi connectivity index (χ0) is 21.9. The molecule has 4 nitrogen and oxygen atoms in total. The highest BCUT2D eigenvalue weighted by Gasteiger charge is 2.33. The number of anilines is 1. The Bertz CT molecular complexity index is 1160. The molecule has 3 rings (SSSR count). The molecule has 0 aliphatic rings. The van der Waals surface area contributed by atoms with Crippen molar-refractivity contribution in [2.75, 3.05) is 11.8 Å². The van der Waals surface area contributed by atoms with E-state index in [1.165, 1.54) is 61.7 Å². The number of halogens is 4. The molecule has 0 saturated carbocycles. The lowest BCUT2D eigenvalue weighted by atomic mass is 9.98. The maximum absolute atomic E-state index is 13.3. The average Bonchev–Trinajstić information content (AvgIpc) is 2.69. The van der Waals surface area contributed by atoms with Gasteiger partial charge in [0.25, 0.3) is 10.0 Å². The third kappa shape index (κ3) is 5.06. The SMILES string of the molecule is COc1cccc(S(=O)(=O)Nc2ccc(Cl)cc2Cc2ccccc2C(F)(F)F)c1. The molecule has 9 heteroatoms. The van der Waals surface area contributed by atoms with E-state index in [1.54, 1.807) is 6.07 Å². The molecule has 0 amide bonds. The largest absolute Gasteiger partial charge is 0.497 e. The minimum atomic E-state index is -4.53. The monoisotopic (exact) mass is 455 g/mol. The van der Waals surface area contributed by atoms with Crippen LogP contribution in [0.3, 0.4) is 0 Å². The van der Waals surface area contributed by atoms with Crippen LogP contribution >= 0.6 is 11.6 Å². The number of ether oxygens (including phenoxy) is 1. The van der Waals surface area contributed by atoms with Gasteiger partial charge in [0.15, 0.2) is 0 Å². The Labute approximate surface area is 177 Å². The normalized spacial score (nSPS) is 11.9. The van der Waals surface area contributed by atoms with Gasteiger partial charge in [0.1, 0.15) is 5.75 Å². The number of sulfonamides is 1. The van der Waals surface area contributed by atoms with Crippen LogP contribution in [0.5, 0.6) is 5.75 Å². The van der Waals surface area contributed by atoms with E-state index in [0.29, 0.717) is 11.3 Å². The first-order valence-corrected chi connectivity index (χ1v) is 10.6. The Balaban J connectivity index is 1.99. The fraction of sp³-hybridized carbons (Fsp3) is 0.143. The first-order chi connectivity index (χ1) is 14.1. The van der Waals surface area contributed by atoms with Crippen molar-refractivity contribution in [3.05, 3.63) is 88.4 Å². The summed E-state index contributed by atoms with van der Waals surface area (Å²) in [7, 11) is -2.60. The molecule has 0 saturated heterocycles. The van der Waals surface area contributed by atoms with E-state index in [-0.39, 0.29) is 27.6 Å². The molecule has 0 aromatic heterocycles. The van der Waals surface area contributed by atoms with Crippen LogP contribution in [0.2, 0.25) is 5.02 Å². The van der Waals surface area contributed by atoms with Crippen LogP contribution in [0.1, 0.15) is 16.7 Å². The van der Waals surface area contributed by atoms with Crippen molar-refractivity contribution in [3.8, 4) is 5.75 Å². The van der Waals surface area contributed by atoms with Crippen molar-refractivity contribution in [1.82, 2.24) is 0 Å². The van der Waals surface area contributed by atoms with Crippen molar-refractivity contribution >= 4 is 27.3 Å². The zero-order valence-corrected chi connectivity index (χ0v) is 17.3. The summed E-state index contributed by atoms with van der Waals surface area (Å²) in [5, 5.41) is 0.277. The molecule has 0 atom stereocenters. The van der Waals surface area contributed by atoms with E-state index >= 15 is 0 Å². The molecule has 30 heavy (non-hydrogen) atoms. The van der Waals surface area contributed by atoms with Crippen molar-refractivity contribution in [1.29, 1.82) is 0 Å². The minimum absolute atomic E-state index is 0.00842. The van der Waals surface area contributed by atoms with Gasteiger partial charge in [-0.2, -0.15) is 13.2 Å². The third-order valence-corrected chi connectivity index (χ3v) is 5.97. The summed E-state index contributed by atoms with van der Waals surface area (Å²) in [6.07, 6.45) is -4.69. The molecule has 1 N–H and O–H groups in total. The molecule has 0 unspecified atom stereocenters. The molecule has 3 aromatic rings. The number of alkyl halides is 3. The fourth-order valence-electron chi connectivity index (χ4n) is 2.94. The summed E-state index contributed by atoms with van der Waals surface area (Å²) in [5.41, 5.74) is -0.328. The second-order valence-corrected chi connectivity index (χ2v) is 8.54. The van der Waals surface area contributed by atoms with Crippen LogP contribution < -0.4 is 9.46 Å². The molecule has 158 valence electrons. The van der Waals surface area contributed by atoms with Gasteiger partial charge in [0.05, 0.1) is 23.3 Å². The molecule has 0 bridgehead atoms. The standard InChI is InChI=1S/C21H17ClF3NO3S/c1-29-17-6-4-7-18(13-17)30(27,28)26-20-10-9-16(22)12-15(20)11-14-5-2-3-8-19(14)21(23,24)25/h2-10,12-13,26H,11H2,1H3. The molecule has 3 aromatic carbocycles. The molecule has 0 spiro atoms. The lowest BCUT2D eigenvalue weighted by Gasteiger charge is -2.16. The summed E-state index contributed by atoms with van der Waals surface area (Å²) in [4.78, 5) is -0.0431. The van der Waals surface area contributed by atoms with Crippen molar-refractivity contribution in [2.45, 2.75) is 17.5 Å². The maximum atomic E-state index is 13.3. The molecule has 0 aliphatic carbocycles. The predicted molar refractivity (Wildman–Crippen MR) is 110 cm³/mol. The summed E-state index contributed by atoms with van der Waals surface area (Å²) in [6.45, 7) is 0. The van der Waals surface area contributed by atoms with Crippen LogP contribution in [-0.4, -0.2) is 15.5 Å². The molecule has 0 fully saturated rings. The van der Waals surface area contributed by atoms with E-state index in [4.69, 9.17) is 16.3 Å². The maximum Gasteiger partial charge on any atom is 0.416 e. The van der Waals surface area contributed by atoms with E-state index in [9.17, 15) is 21.6 Å². The first kappa shape index (κ1) is 22.0. The summed E-state index contributed by atoms with van der Waals surface area (Å²) < 4.78 is 73.1. The van der Waals surface area contributed by atoms with E-state index in [2.05, 4.69) is 4.72 Å². The Morgan fingerprint density at radius 3 is 2.40 bits per heavy atom. The summed E-state index contributed by atoms with van der Waals surface area (Å²) >= 11 is 6.02. The zero-order valence-electron chi connectivity index (χ0n) is 15.7. The van der Waals surface area contributed by atoms with Gasteiger partial charge < -0.3 is 4.74 Å². The van der Waals surface area contributed by atoms with Gasteiger partial charge in [-0.15, -0.1) is 0 Å². The number of hydrogen-bond acceptors (Lipinski definition) is 3. The van der Waals surface area contributed by atoms with Crippen LogP contribution in [0.15, 0.2) is 71.6 Å². The highest BCUT2D eigenvalue weighted by Crippen LogP contribution is 2.34. The minimum Gasteiger partial charge on any atom is -0.497 e. The second kappa shape index (κ2) is 8.57. The molecule has 0 heterocycles. The van der Waals surface area contributed by atoms with Crippen molar-refractivity contribution < 1.29 is 26.3 Å². The van der Waals surface area contributed by atoms with Crippen LogP contribution in [0.4, 0.5) is 18.9 Å². The Kier molecular flexibility index (Phi) is 6.28. The number of rotatable bonds is 6. The summed E-state index contributed by atoms with van der Waals surface area (Å²) in [6, 6.07) is 15.3. The molecule has 0 radical (unpaired) electrons. The van der Waals surface area contributed by atoms with Crippen LogP contribution in [-0.2, 0) is 22.6 Å². The number of methoxy groups -OCH3 is 1. The van der Waals surface area contributed by atoms with Crippen molar-refractivity contribution in [2.24, 2.45) is 0 Å². The van der Waals surface area contributed by atoms with Gasteiger partial charge in [-0.25, -0.2) is 8.42 Å². The van der Waals surface area contributed by atoms with Gasteiger partial charge >= 0.3 is 6.18 Å². The number of hydrogen-bond donors (Lipinski definition) is 1. The lowest BCUT2D eigenvalue weighted by molar-refractivity contribution is -0.138. The van der Waals surface area contributed by atoms with E-state index in [0.717, 1.165) is 6.07 Å². The fourth-order valence-corrected chi connectivity index (χ4v) is 4.27. The van der Waals surface area contributed by atoms with Gasteiger partial charge in [0, 0.05) is 17.5 Å². The Morgan fingerprint density at radius 1 is 0.967 bits per heavy atom. The molecular formula is C21H17ClF3NO3S.